The average molecular weight is 382 g/mol. The van der Waals surface area contributed by atoms with E-state index in [1.165, 1.54) is 24.5 Å². The molecule has 5 N–H and O–H groups in total. The molecule has 0 aliphatic carbocycles. The Balaban J connectivity index is 2.01. The molecule has 0 aliphatic rings. The molecule has 8 heteroatoms. The number of furan rings is 1. The molecular formula is C20H18N2O6. The summed E-state index contributed by atoms with van der Waals surface area (Å²) >= 11 is 0. The maximum atomic E-state index is 12.2. The van der Waals surface area contributed by atoms with Gasteiger partial charge in [-0.15, -0.1) is 0 Å². The predicted octanol–water partition coefficient (Wildman–Crippen LogP) is 0.160. The zero-order valence-electron chi connectivity index (χ0n) is 14.9. The highest BCUT2D eigenvalue weighted by Crippen LogP contribution is 2.06. The van der Waals surface area contributed by atoms with Gasteiger partial charge in [0.1, 0.15) is 18.4 Å². The molecule has 2 atom stereocenters. The van der Waals surface area contributed by atoms with E-state index >= 15 is 0 Å². The first-order chi connectivity index (χ1) is 13.4. The van der Waals surface area contributed by atoms with Crippen molar-refractivity contribution in [1.29, 1.82) is 0 Å². The van der Waals surface area contributed by atoms with Crippen LogP contribution < -0.4 is 10.8 Å². The lowest BCUT2D eigenvalue weighted by Crippen LogP contribution is -2.51. The Morgan fingerprint density at radius 1 is 1.11 bits per heavy atom. The van der Waals surface area contributed by atoms with E-state index in [1.807, 2.05) is 0 Å². The lowest BCUT2D eigenvalue weighted by Gasteiger charge is -2.19. The van der Waals surface area contributed by atoms with Crippen LogP contribution in [0.25, 0.3) is 0 Å². The first-order valence-corrected chi connectivity index (χ1v) is 8.19. The lowest BCUT2D eigenvalue weighted by atomic mass is 10.1. The highest BCUT2D eigenvalue weighted by atomic mass is 16.5. The summed E-state index contributed by atoms with van der Waals surface area (Å²) in [6, 6.07) is 8.16. The molecule has 0 radical (unpaired) electrons. The van der Waals surface area contributed by atoms with Gasteiger partial charge in [0, 0.05) is 11.1 Å². The van der Waals surface area contributed by atoms with Crippen LogP contribution in [0.3, 0.4) is 0 Å². The Morgan fingerprint density at radius 3 is 2.36 bits per heavy atom. The molecule has 0 fully saturated rings. The molecular weight excluding hydrogens is 364 g/mol. The summed E-state index contributed by atoms with van der Waals surface area (Å²) < 4.78 is 5.20. The fraction of sp³-hybridized carbons (Fsp3) is 0.200. The summed E-state index contributed by atoms with van der Waals surface area (Å²) in [7, 11) is 0. The van der Waals surface area contributed by atoms with Gasteiger partial charge in [0.25, 0.3) is 11.8 Å². The summed E-state index contributed by atoms with van der Waals surface area (Å²) in [5, 5.41) is 29.4. The highest BCUT2D eigenvalue weighted by Gasteiger charge is 2.25. The third-order valence-electron chi connectivity index (χ3n) is 3.58. The predicted molar refractivity (Wildman–Crippen MR) is 97.7 cm³/mol. The largest absolute Gasteiger partial charge is 0.450 e. The molecule has 2 amide bonds. The molecule has 0 saturated carbocycles. The third kappa shape index (κ3) is 5.73. The Bertz CT molecular complexity index is 954. The summed E-state index contributed by atoms with van der Waals surface area (Å²) in [4.78, 5) is 23.6. The second kappa shape index (κ2) is 9.95. The highest BCUT2D eigenvalue weighted by molar-refractivity contribution is 5.97. The van der Waals surface area contributed by atoms with Crippen molar-refractivity contribution in [1.82, 2.24) is 10.8 Å². The number of rotatable bonds is 5. The Labute approximate surface area is 161 Å². The summed E-state index contributed by atoms with van der Waals surface area (Å²) in [6.45, 7) is 1.11. The minimum atomic E-state index is -1.29. The fourth-order valence-electron chi connectivity index (χ4n) is 2.13. The van der Waals surface area contributed by atoms with Gasteiger partial charge in [0.15, 0.2) is 5.76 Å². The Morgan fingerprint density at radius 2 is 1.79 bits per heavy atom. The van der Waals surface area contributed by atoms with Crippen molar-refractivity contribution < 1.29 is 29.4 Å². The minimum absolute atomic E-state index is 0.198. The van der Waals surface area contributed by atoms with E-state index < -0.39 is 24.0 Å². The maximum absolute atomic E-state index is 12.2. The van der Waals surface area contributed by atoms with E-state index in [0.717, 1.165) is 0 Å². The van der Waals surface area contributed by atoms with Crippen molar-refractivity contribution in [3.63, 3.8) is 0 Å². The van der Waals surface area contributed by atoms with E-state index in [0.29, 0.717) is 17.1 Å². The molecule has 28 heavy (non-hydrogen) atoms. The van der Waals surface area contributed by atoms with Gasteiger partial charge in [-0.2, -0.15) is 0 Å². The SMILES string of the molecule is C[C@H](O)[C@@H](NC(=O)c1ccc(C#CC#Cc2ccc(CO)o2)cc1)C(=O)NO. The van der Waals surface area contributed by atoms with Gasteiger partial charge in [-0.05, 0) is 61.1 Å². The van der Waals surface area contributed by atoms with Gasteiger partial charge in [-0.3, -0.25) is 14.8 Å². The van der Waals surface area contributed by atoms with Gasteiger partial charge < -0.3 is 19.9 Å². The van der Waals surface area contributed by atoms with Gasteiger partial charge in [0.2, 0.25) is 0 Å². The van der Waals surface area contributed by atoms with E-state index in [4.69, 9.17) is 14.7 Å². The van der Waals surface area contributed by atoms with Crippen LogP contribution in [0.2, 0.25) is 0 Å². The lowest BCUT2D eigenvalue weighted by molar-refractivity contribution is -0.133. The van der Waals surface area contributed by atoms with Crippen molar-refractivity contribution >= 4 is 11.8 Å². The first-order valence-electron chi connectivity index (χ1n) is 8.19. The number of carbonyl (C=O) groups is 2. The average Bonchev–Trinajstić information content (AvgIpc) is 3.17. The molecule has 1 aromatic carbocycles. The molecule has 2 rings (SSSR count). The molecule has 0 saturated heterocycles. The quantitative estimate of drug-likeness (QED) is 0.284. The minimum Gasteiger partial charge on any atom is -0.450 e. The second-order valence-electron chi connectivity index (χ2n) is 5.67. The molecule has 0 unspecified atom stereocenters. The number of hydrogen-bond acceptors (Lipinski definition) is 6. The van der Waals surface area contributed by atoms with Gasteiger partial charge >= 0.3 is 0 Å². The summed E-state index contributed by atoms with van der Waals surface area (Å²) in [6.07, 6.45) is -1.19. The number of hydrogen-bond donors (Lipinski definition) is 5. The van der Waals surface area contributed by atoms with E-state index in [9.17, 15) is 14.7 Å². The van der Waals surface area contributed by atoms with Crippen LogP contribution in [-0.2, 0) is 11.4 Å². The van der Waals surface area contributed by atoms with Crippen LogP contribution in [-0.4, -0.2) is 39.4 Å². The van der Waals surface area contributed by atoms with Gasteiger partial charge in [0.05, 0.1) is 6.10 Å². The fourth-order valence-corrected chi connectivity index (χ4v) is 2.13. The van der Waals surface area contributed by atoms with Crippen molar-refractivity contribution in [2.75, 3.05) is 0 Å². The van der Waals surface area contributed by atoms with Crippen LogP contribution >= 0.6 is 0 Å². The number of nitrogens with one attached hydrogen (secondary N) is 2. The van der Waals surface area contributed by atoms with Crippen LogP contribution in [0.1, 0.15) is 34.4 Å². The molecule has 1 aromatic heterocycles. The Kier molecular flexibility index (Phi) is 7.37. The van der Waals surface area contributed by atoms with E-state index in [-0.39, 0.29) is 12.2 Å². The zero-order chi connectivity index (χ0) is 20.5. The standard InChI is InChI=1S/C20H18N2O6/c1-13(24)18(20(26)22-27)21-19(25)15-8-6-14(7-9-15)4-2-3-5-16-10-11-17(12-23)28-16/h6-11,13,18,23-24,27H,12H2,1H3,(H,21,25)(H,22,26)/t13-,18+/m0/s1. The summed E-state index contributed by atoms with van der Waals surface area (Å²) in [5.74, 6) is 10.1. The smallest absolute Gasteiger partial charge is 0.268 e. The normalized spacial score (nSPS) is 11.9. The molecule has 8 nitrogen and oxygen atoms in total. The monoisotopic (exact) mass is 382 g/mol. The van der Waals surface area contributed by atoms with Gasteiger partial charge in [-0.25, -0.2) is 5.48 Å². The van der Waals surface area contributed by atoms with Crippen LogP contribution in [0.15, 0.2) is 40.8 Å². The van der Waals surface area contributed by atoms with Gasteiger partial charge in [-0.1, -0.05) is 5.92 Å². The van der Waals surface area contributed by atoms with Crippen LogP contribution in [0, 0.1) is 23.7 Å². The molecule has 2 aromatic rings. The number of benzene rings is 1. The third-order valence-corrected chi connectivity index (χ3v) is 3.58. The number of carbonyl (C=O) groups excluding carboxylic acids is 2. The maximum Gasteiger partial charge on any atom is 0.268 e. The Hall–Kier alpha value is -3.56. The molecule has 144 valence electrons. The van der Waals surface area contributed by atoms with E-state index in [2.05, 4.69) is 29.0 Å². The molecule has 1 heterocycles. The van der Waals surface area contributed by atoms with Crippen molar-refractivity contribution in [2.24, 2.45) is 0 Å². The van der Waals surface area contributed by atoms with Crippen molar-refractivity contribution in [3.05, 3.63) is 59.0 Å². The van der Waals surface area contributed by atoms with Crippen molar-refractivity contribution in [2.45, 2.75) is 25.7 Å². The van der Waals surface area contributed by atoms with Crippen LogP contribution in [0.5, 0.6) is 0 Å². The molecule has 0 bridgehead atoms. The number of amides is 2. The first kappa shape index (κ1) is 20.7. The number of hydroxylamine groups is 1. The summed E-state index contributed by atoms with van der Waals surface area (Å²) in [5.41, 5.74) is 2.26. The second-order valence-corrected chi connectivity index (χ2v) is 5.67. The molecule has 0 spiro atoms. The van der Waals surface area contributed by atoms with Crippen molar-refractivity contribution in [3.8, 4) is 23.7 Å². The topological polar surface area (TPSA) is 132 Å². The van der Waals surface area contributed by atoms with Crippen LogP contribution in [0.4, 0.5) is 0 Å². The number of aliphatic hydroxyl groups is 2. The zero-order valence-corrected chi connectivity index (χ0v) is 14.9. The number of aliphatic hydroxyl groups excluding tert-OH is 2. The molecule has 0 aliphatic heterocycles. The van der Waals surface area contributed by atoms with E-state index in [1.54, 1.807) is 24.3 Å².